The Kier molecular flexibility index (Phi) is 3.56. The minimum absolute atomic E-state index is 0.585. The molecule has 5 heteroatoms. The molecule has 0 spiro atoms. The Hall–Kier alpha value is -0.940. The number of hydrogen-bond acceptors (Lipinski definition) is 5. The van der Waals surface area contributed by atoms with E-state index >= 15 is 0 Å². The molecule has 90 valence electrons. The molecule has 2 unspecified atom stereocenters. The summed E-state index contributed by atoms with van der Waals surface area (Å²) in [6.45, 7) is 6.66. The summed E-state index contributed by atoms with van der Waals surface area (Å²) in [6, 6.07) is 0.585. The summed E-state index contributed by atoms with van der Waals surface area (Å²) in [7, 11) is 0. The monoisotopic (exact) mass is 224 g/mol. The van der Waals surface area contributed by atoms with Crippen molar-refractivity contribution in [1.29, 1.82) is 0 Å². The average molecular weight is 224 g/mol. The van der Waals surface area contributed by atoms with Crippen molar-refractivity contribution >= 4 is 0 Å². The van der Waals surface area contributed by atoms with E-state index in [1.54, 1.807) is 0 Å². The van der Waals surface area contributed by atoms with E-state index < -0.39 is 0 Å². The topological polar surface area (TPSA) is 68.2 Å². The second-order valence-corrected chi connectivity index (χ2v) is 4.69. The lowest BCUT2D eigenvalue weighted by atomic mass is 9.93. The Morgan fingerprint density at radius 3 is 2.94 bits per heavy atom. The van der Waals surface area contributed by atoms with Crippen LogP contribution in [0, 0.1) is 12.8 Å². The standard InChI is InChI=1S/C11H20N4O/c1-8-3-4-10(5-12)6-15(8)7-11-13-9(2)16-14-11/h8,10H,3-7,12H2,1-2H3. The third-order valence-corrected chi connectivity index (χ3v) is 3.36. The number of nitrogens with zero attached hydrogens (tertiary/aromatic N) is 3. The molecule has 0 amide bonds. The minimum Gasteiger partial charge on any atom is -0.340 e. The maximum Gasteiger partial charge on any atom is 0.223 e. The predicted octanol–water partition coefficient (Wildman–Crippen LogP) is 0.937. The van der Waals surface area contributed by atoms with Gasteiger partial charge in [-0.3, -0.25) is 4.90 Å². The van der Waals surface area contributed by atoms with Gasteiger partial charge in [0.1, 0.15) is 0 Å². The van der Waals surface area contributed by atoms with E-state index in [0.717, 1.165) is 25.5 Å². The van der Waals surface area contributed by atoms with Crippen molar-refractivity contribution in [2.24, 2.45) is 11.7 Å². The van der Waals surface area contributed by atoms with Crippen LogP contribution in [0.1, 0.15) is 31.5 Å². The van der Waals surface area contributed by atoms with Crippen LogP contribution in [0.5, 0.6) is 0 Å². The number of rotatable bonds is 3. The summed E-state index contributed by atoms with van der Waals surface area (Å²) in [4.78, 5) is 6.63. The Morgan fingerprint density at radius 1 is 1.50 bits per heavy atom. The van der Waals surface area contributed by atoms with Crippen LogP contribution < -0.4 is 5.73 Å². The van der Waals surface area contributed by atoms with Crippen LogP contribution >= 0.6 is 0 Å². The molecule has 2 atom stereocenters. The molecule has 1 aliphatic rings. The fraction of sp³-hybridized carbons (Fsp3) is 0.818. The molecular formula is C11H20N4O. The van der Waals surface area contributed by atoms with Gasteiger partial charge < -0.3 is 10.3 Å². The second kappa shape index (κ2) is 4.93. The lowest BCUT2D eigenvalue weighted by Crippen LogP contribution is -2.43. The van der Waals surface area contributed by atoms with Gasteiger partial charge in [0.05, 0.1) is 6.54 Å². The zero-order chi connectivity index (χ0) is 11.5. The molecule has 0 saturated carbocycles. The van der Waals surface area contributed by atoms with Crippen molar-refractivity contribution in [3.63, 3.8) is 0 Å². The lowest BCUT2D eigenvalue weighted by Gasteiger charge is -2.36. The lowest BCUT2D eigenvalue weighted by molar-refractivity contribution is 0.109. The summed E-state index contributed by atoms with van der Waals surface area (Å²) in [5.41, 5.74) is 5.73. The molecule has 2 rings (SSSR count). The van der Waals surface area contributed by atoms with Gasteiger partial charge >= 0.3 is 0 Å². The fourth-order valence-corrected chi connectivity index (χ4v) is 2.26. The van der Waals surface area contributed by atoms with Crippen molar-refractivity contribution in [1.82, 2.24) is 15.0 Å². The average Bonchev–Trinajstić information content (AvgIpc) is 2.67. The van der Waals surface area contributed by atoms with Crippen LogP contribution in [0.3, 0.4) is 0 Å². The summed E-state index contributed by atoms with van der Waals surface area (Å²) in [5, 5.41) is 3.94. The maximum atomic E-state index is 5.73. The first-order chi connectivity index (χ1) is 7.69. The van der Waals surface area contributed by atoms with Gasteiger partial charge in [-0.05, 0) is 32.2 Å². The molecule has 2 heterocycles. The van der Waals surface area contributed by atoms with Gasteiger partial charge in [-0.1, -0.05) is 5.16 Å². The summed E-state index contributed by atoms with van der Waals surface area (Å²) in [5.74, 6) is 2.03. The van der Waals surface area contributed by atoms with Gasteiger partial charge in [-0.2, -0.15) is 4.98 Å². The molecule has 1 aromatic rings. The molecule has 5 nitrogen and oxygen atoms in total. The Labute approximate surface area is 96.0 Å². The van der Waals surface area contributed by atoms with Crippen LogP contribution in [0.2, 0.25) is 0 Å². The molecule has 0 aliphatic carbocycles. The normalized spacial score (nSPS) is 27.2. The molecule has 0 aromatic carbocycles. The smallest absolute Gasteiger partial charge is 0.223 e. The van der Waals surface area contributed by atoms with Crippen LogP contribution in [0.4, 0.5) is 0 Å². The highest BCUT2D eigenvalue weighted by molar-refractivity contribution is 4.88. The number of aromatic nitrogens is 2. The molecule has 1 aliphatic heterocycles. The highest BCUT2D eigenvalue weighted by atomic mass is 16.5. The van der Waals surface area contributed by atoms with E-state index in [9.17, 15) is 0 Å². The fourth-order valence-electron chi connectivity index (χ4n) is 2.26. The van der Waals surface area contributed by atoms with Gasteiger partial charge in [0.25, 0.3) is 0 Å². The Balaban J connectivity index is 1.96. The Morgan fingerprint density at radius 2 is 2.31 bits per heavy atom. The number of nitrogens with two attached hydrogens (primary N) is 1. The zero-order valence-electron chi connectivity index (χ0n) is 10.0. The van der Waals surface area contributed by atoms with Crippen LogP contribution in [0.15, 0.2) is 4.52 Å². The quantitative estimate of drug-likeness (QED) is 0.827. The summed E-state index contributed by atoms with van der Waals surface area (Å²) in [6.07, 6.45) is 2.44. The molecule has 0 radical (unpaired) electrons. The number of piperidine rings is 1. The first kappa shape index (κ1) is 11.5. The van der Waals surface area contributed by atoms with Crippen molar-refractivity contribution < 1.29 is 4.52 Å². The van der Waals surface area contributed by atoms with Crippen LogP contribution in [0.25, 0.3) is 0 Å². The molecule has 16 heavy (non-hydrogen) atoms. The molecule has 2 N–H and O–H groups in total. The van der Waals surface area contributed by atoms with Crippen LogP contribution in [-0.4, -0.2) is 34.2 Å². The minimum atomic E-state index is 0.585. The van der Waals surface area contributed by atoms with Crippen molar-refractivity contribution in [2.45, 2.75) is 39.3 Å². The number of likely N-dealkylation sites (tertiary alicyclic amines) is 1. The van der Waals surface area contributed by atoms with Gasteiger partial charge in [0.2, 0.25) is 5.89 Å². The predicted molar refractivity (Wildman–Crippen MR) is 60.7 cm³/mol. The van der Waals surface area contributed by atoms with Gasteiger partial charge in [-0.15, -0.1) is 0 Å². The molecule has 1 saturated heterocycles. The van der Waals surface area contributed by atoms with E-state index in [1.807, 2.05) is 6.92 Å². The summed E-state index contributed by atoms with van der Waals surface area (Å²) >= 11 is 0. The number of hydrogen-bond donors (Lipinski definition) is 1. The first-order valence-electron chi connectivity index (χ1n) is 5.92. The van der Waals surface area contributed by atoms with Crippen molar-refractivity contribution in [3.05, 3.63) is 11.7 Å². The SMILES string of the molecule is Cc1nc(CN2CC(CN)CCC2C)no1. The third-order valence-electron chi connectivity index (χ3n) is 3.36. The molecule has 1 aromatic heterocycles. The van der Waals surface area contributed by atoms with E-state index in [4.69, 9.17) is 10.3 Å². The zero-order valence-corrected chi connectivity index (χ0v) is 10.0. The largest absolute Gasteiger partial charge is 0.340 e. The molecule has 0 bridgehead atoms. The maximum absolute atomic E-state index is 5.73. The van der Waals surface area contributed by atoms with Crippen molar-refractivity contribution in [3.8, 4) is 0 Å². The van der Waals surface area contributed by atoms with Crippen molar-refractivity contribution in [2.75, 3.05) is 13.1 Å². The van der Waals surface area contributed by atoms with Gasteiger partial charge in [-0.25, -0.2) is 0 Å². The second-order valence-electron chi connectivity index (χ2n) is 4.69. The number of aryl methyl sites for hydroxylation is 1. The van der Waals surface area contributed by atoms with Crippen LogP contribution in [-0.2, 0) is 6.54 Å². The van der Waals surface area contributed by atoms with Gasteiger partial charge in [0, 0.05) is 19.5 Å². The first-order valence-corrected chi connectivity index (χ1v) is 5.92. The molecule has 1 fully saturated rings. The highest BCUT2D eigenvalue weighted by Crippen LogP contribution is 2.22. The third kappa shape index (κ3) is 2.59. The van der Waals surface area contributed by atoms with E-state index in [-0.39, 0.29) is 0 Å². The van der Waals surface area contributed by atoms with E-state index in [0.29, 0.717) is 17.9 Å². The Bertz CT molecular complexity index is 338. The highest BCUT2D eigenvalue weighted by Gasteiger charge is 2.25. The van der Waals surface area contributed by atoms with Gasteiger partial charge in [0.15, 0.2) is 5.82 Å². The van der Waals surface area contributed by atoms with E-state index in [2.05, 4.69) is 22.0 Å². The molecular weight excluding hydrogens is 204 g/mol. The van der Waals surface area contributed by atoms with E-state index in [1.165, 1.54) is 12.8 Å². The summed E-state index contributed by atoms with van der Waals surface area (Å²) < 4.78 is 4.98.